The van der Waals surface area contributed by atoms with E-state index in [1.807, 2.05) is 0 Å². The maximum atomic E-state index is 11.4. The van der Waals surface area contributed by atoms with Crippen molar-refractivity contribution in [1.29, 1.82) is 0 Å². The molecule has 0 radical (unpaired) electrons. The predicted octanol–water partition coefficient (Wildman–Crippen LogP) is -3.52. The third kappa shape index (κ3) is 30.4. The molecule has 0 amide bonds. The summed E-state index contributed by atoms with van der Waals surface area (Å²) in [5.41, 5.74) is 42.7. The van der Waals surface area contributed by atoms with Crippen LogP contribution in [0.15, 0.2) is 17.5 Å². The number of carbonyl (C=O) groups is 6. The lowest BCUT2D eigenvalue weighted by atomic mass is 10.1. The molecule has 1 aliphatic rings. The van der Waals surface area contributed by atoms with Gasteiger partial charge in [-0.2, -0.15) is 0 Å². The lowest BCUT2D eigenvalue weighted by Crippen LogP contribution is -2.45. The SMILES string of the molecule is CC(C)[C@H](N)C(=O)O.C[C@@H](OC(=O)[C@@H](N)CCCCN)[C@H](N)C(=O)O.NC(N)=NCCC[C@H](N)C(=O)O.N[C@@H](Cc1cnc[nH]1)C(=O)O.O=C(O)[C@@H]1CCCN1. The molecule has 24 nitrogen and oxygen atoms in total. The van der Waals surface area contributed by atoms with Crippen molar-refractivity contribution >= 4 is 41.8 Å². The van der Waals surface area contributed by atoms with Crippen molar-refractivity contribution in [1.82, 2.24) is 15.3 Å². The Morgan fingerprint density at radius 1 is 0.821 bits per heavy atom. The number of nitrogens with zero attached hydrogens (tertiary/aromatic N) is 2. The molecule has 0 bridgehead atoms. The number of ether oxygens (including phenoxy) is 1. The quantitative estimate of drug-likeness (QED) is 0.0279. The number of guanidine groups is 1. The zero-order valence-electron chi connectivity index (χ0n) is 32.2. The van der Waals surface area contributed by atoms with Crippen LogP contribution in [0.3, 0.4) is 0 Å². The summed E-state index contributed by atoms with van der Waals surface area (Å²) in [6.07, 6.45) is 7.15. The summed E-state index contributed by atoms with van der Waals surface area (Å²) in [5, 5.41) is 44.9. The highest BCUT2D eigenvalue weighted by atomic mass is 16.5. The summed E-state index contributed by atoms with van der Waals surface area (Å²) in [4.78, 5) is 72.8. The molecule has 1 fully saturated rings. The number of imidazole rings is 1. The summed E-state index contributed by atoms with van der Waals surface area (Å²) < 4.78 is 4.86. The second kappa shape index (κ2) is 32.3. The van der Waals surface area contributed by atoms with E-state index in [2.05, 4.69) is 20.3 Å². The zero-order valence-corrected chi connectivity index (χ0v) is 32.2. The Labute approximate surface area is 325 Å². The van der Waals surface area contributed by atoms with Gasteiger partial charge in [-0.15, -0.1) is 0 Å². The number of aliphatic imine (C=N–C) groups is 1. The molecule has 0 saturated carbocycles. The molecule has 1 aliphatic heterocycles. The molecule has 24 heteroatoms. The summed E-state index contributed by atoms with van der Waals surface area (Å²) >= 11 is 0. The normalized spacial score (nSPS) is 16.0. The van der Waals surface area contributed by atoms with Crippen molar-refractivity contribution in [3.63, 3.8) is 0 Å². The van der Waals surface area contributed by atoms with Crippen molar-refractivity contribution in [2.24, 2.45) is 56.8 Å². The molecule has 7 atom stereocenters. The first-order valence-corrected chi connectivity index (χ1v) is 17.6. The molecule has 2 rings (SSSR count). The van der Waals surface area contributed by atoms with Gasteiger partial charge in [-0.25, -0.2) is 4.98 Å². The third-order valence-electron chi connectivity index (χ3n) is 7.32. The monoisotopic (exact) mass is 808 g/mol. The van der Waals surface area contributed by atoms with Crippen molar-refractivity contribution < 1.29 is 59.0 Å². The van der Waals surface area contributed by atoms with Gasteiger partial charge in [0.15, 0.2) is 5.96 Å². The number of esters is 1. The smallest absolute Gasteiger partial charge is 0.324 e. The number of hydrogen-bond acceptors (Lipinski definition) is 16. The van der Waals surface area contributed by atoms with Crippen molar-refractivity contribution in [3.05, 3.63) is 18.2 Å². The van der Waals surface area contributed by atoms with Crippen molar-refractivity contribution in [3.8, 4) is 0 Å². The second-order valence-electron chi connectivity index (χ2n) is 12.6. The van der Waals surface area contributed by atoms with Crippen LogP contribution in [-0.4, -0.2) is 139 Å². The molecule has 0 aromatic carbocycles. The summed E-state index contributed by atoms with van der Waals surface area (Å²) in [6.45, 7) is 6.79. The fraction of sp³-hybridized carbons (Fsp3) is 0.688. The number of nitrogens with one attached hydrogen (secondary N) is 2. The molecular weight excluding hydrogens is 744 g/mol. The Morgan fingerprint density at radius 2 is 1.38 bits per heavy atom. The van der Waals surface area contributed by atoms with Gasteiger partial charge >= 0.3 is 35.8 Å². The summed E-state index contributed by atoms with van der Waals surface area (Å²) in [7, 11) is 0. The Kier molecular flexibility index (Phi) is 31.9. The maximum absolute atomic E-state index is 11.4. The van der Waals surface area contributed by atoms with E-state index in [1.165, 1.54) is 13.3 Å². The van der Waals surface area contributed by atoms with E-state index in [0.717, 1.165) is 37.9 Å². The Morgan fingerprint density at radius 3 is 1.73 bits per heavy atom. The first-order chi connectivity index (χ1) is 26.0. The standard InChI is InChI=1S/C10H21N3O4.C6H14N4O2.C6H9N3O2.C5H9NO2.C5H11NO2/c1-6(8(13)9(14)15)17-10(16)7(12)4-2-3-5-11;7-4(5(11)12)2-1-3-10-6(8)9;7-5(6(10)11)1-4-2-8-3-9-4;7-5(8)4-2-1-3-6-4;1-3(2)4(6)5(7)8/h6-8H,2-5,11-13H2,1H3,(H,14,15);4H,1-3,7H2,(H,11,12)(H4,8,9,10);2-3,5H,1,7H2,(H,8,9)(H,10,11);4,6H,1-3H2,(H,7,8);3-4H,6H2,1-2H3,(H,7,8)/t6-,7+,8+;4-;5-;2*4-/m10000/s1. The lowest BCUT2D eigenvalue weighted by Gasteiger charge is -2.19. The lowest BCUT2D eigenvalue weighted by molar-refractivity contribution is -0.155. The number of aliphatic carboxylic acids is 5. The molecule has 1 aromatic heterocycles. The minimum Gasteiger partial charge on any atom is -0.480 e. The Bertz CT molecular complexity index is 1280. The van der Waals surface area contributed by atoms with E-state index in [9.17, 15) is 28.8 Å². The van der Waals surface area contributed by atoms with Crippen molar-refractivity contribution in [2.45, 2.75) is 114 Å². The molecule has 1 saturated heterocycles. The van der Waals surface area contributed by atoms with Gasteiger partial charge in [0, 0.05) is 24.9 Å². The summed E-state index contributed by atoms with van der Waals surface area (Å²) in [5.74, 6) is -5.47. The van der Waals surface area contributed by atoms with Crippen LogP contribution in [0.5, 0.6) is 0 Å². The molecule has 0 spiro atoms. The number of aromatic nitrogens is 2. The second-order valence-corrected chi connectivity index (χ2v) is 12.6. The van der Waals surface area contributed by atoms with Gasteiger partial charge in [0.1, 0.15) is 42.4 Å². The molecule has 0 unspecified atom stereocenters. The average molecular weight is 809 g/mol. The van der Waals surface area contributed by atoms with Crippen LogP contribution in [0.25, 0.3) is 0 Å². The number of nitrogens with two attached hydrogens (primary N) is 8. The van der Waals surface area contributed by atoms with Gasteiger partial charge in [0.25, 0.3) is 0 Å². The van der Waals surface area contributed by atoms with Crippen molar-refractivity contribution in [2.75, 3.05) is 19.6 Å². The van der Waals surface area contributed by atoms with Crippen LogP contribution >= 0.6 is 0 Å². The number of rotatable bonds is 19. The third-order valence-corrected chi connectivity index (χ3v) is 7.32. The minimum atomic E-state index is -1.24. The number of carbonyl (C=O) groups excluding carboxylic acids is 1. The van der Waals surface area contributed by atoms with E-state index in [4.69, 9.17) is 76.1 Å². The number of hydrogen-bond donors (Lipinski definition) is 15. The van der Waals surface area contributed by atoms with Gasteiger partial charge in [-0.3, -0.25) is 33.8 Å². The topological polar surface area (TPSA) is 474 Å². The molecule has 0 aliphatic carbocycles. The average Bonchev–Trinajstić information content (AvgIpc) is 3.86. The number of unbranched alkanes of at least 4 members (excludes halogenated alkanes) is 1. The number of H-pyrrole nitrogens is 1. The Balaban J connectivity index is -0.000000645. The van der Waals surface area contributed by atoms with E-state index in [0.29, 0.717) is 32.4 Å². The highest BCUT2D eigenvalue weighted by molar-refractivity contribution is 5.78. The predicted molar refractivity (Wildman–Crippen MR) is 205 cm³/mol. The van der Waals surface area contributed by atoms with Gasteiger partial charge < -0.3 is 86.4 Å². The van der Waals surface area contributed by atoms with E-state index in [1.54, 1.807) is 20.0 Å². The number of carboxylic acids is 5. The number of aromatic amines is 1. The van der Waals surface area contributed by atoms with Crippen LogP contribution in [0, 0.1) is 5.92 Å². The minimum absolute atomic E-state index is 0.0129. The highest BCUT2D eigenvalue weighted by Gasteiger charge is 2.26. The van der Waals surface area contributed by atoms with Gasteiger partial charge in [-0.1, -0.05) is 20.3 Å². The van der Waals surface area contributed by atoms with E-state index in [-0.39, 0.29) is 24.3 Å². The molecule has 23 N–H and O–H groups in total. The maximum Gasteiger partial charge on any atom is 0.324 e. The van der Waals surface area contributed by atoms with Crippen LogP contribution in [0.4, 0.5) is 0 Å². The van der Waals surface area contributed by atoms with E-state index >= 15 is 0 Å². The summed E-state index contributed by atoms with van der Waals surface area (Å²) in [6, 6.07) is -4.65. The van der Waals surface area contributed by atoms with Crippen LogP contribution in [0.1, 0.15) is 71.4 Å². The highest BCUT2D eigenvalue weighted by Crippen LogP contribution is 2.05. The van der Waals surface area contributed by atoms with E-state index < -0.39 is 72.1 Å². The molecule has 324 valence electrons. The van der Waals surface area contributed by atoms with Crippen LogP contribution < -0.4 is 51.2 Å². The molecule has 2 heterocycles. The first-order valence-electron chi connectivity index (χ1n) is 17.6. The van der Waals surface area contributed by atoms with Crippen LogP contribution in [0.2, 0.25) is 0 Å². The van der Waals surface area contributed by atoms with Gasteiger partial charge in [0.05, 0.1) is 6.33 Å². The first kappa shape index (κ1) is 55.4. The zero-order chi connectivity index (χ0) is 44.0. The molecule has 56 heavy (non-hydrogen) atoms. The number of carboxylic acid groups (broad SMARTS) is 5. The fourth-order valence-electron chi connectivity index (χ4n) is 3.72. The molecular formula is C32H64N12O12. The van der Waals surface area contributed by atoms with Gasteiger partial charge in [-0.05, 0) is 64.5 Å². The molecule has 1 aromatic rings. The van der Waals surface area contributed by atoms with Gasteiger partial charge in [0.2, 0.25) is 0 Å². The Hall–Kier alpha value is -4.98. The fourth-order valence-corrected chi connectivity index (χ4v) is 3.72. The largest absolute Gasteiger partial charge is 0.480 e. The van der Waals surface area contributed by atoms with Crippen LogP contribution in [-0.2, 0) is 39.9 Å².